The Morgan fingerprint density at radius 3 is 2.61 bits per heavy atom. The molecule has 0 aliphatic carbocycles. The van der Waals surface area contributed by atoms with E-state index in [0.717, 1.165) is 5.75 Å². The number of rotatable bonds is 6. The molecular formula is C13H16N2O2S. The van der Waals surface area contributed by atoms with Gasteiger partial charge in [-0.3, -0.25) is 9.59 Å². The molecule has 5 heteroatoms. The lowest BCUT2D eigenvalue weighted by Crippen LogP contribution is -2.14. The molecule has 1 rings (SSSR count). The molecule has 0 unspecified atom stereocenters. The van der Waals surface area contributed by atoms with Crippen LogP contribution in [0.2, 0.25) is 0 Å². The Kier molecular flexibility index (Phi) is 6.00. The summed E-state index contributed by atoms with van der Waals surface area (Å²) in [5.41, 5.74) is 1.34. The molecule has 0 saturated heterocycles. The molecule has 0 saturated carbocycles. The van der Waals surface area contributed by atoms with Gasteiger partial charge in [0.15, 0.2) is 0 Å². The summed E-state index contributed by atoms with van der Waals surface area (Å²) in [4.78, 5) is 22.5. The summed E-state index contributed by atoms with van der Waals surface area (Å²) in [5.74, 6) is 0.928. The predicted molar refractivity (Wildman–Crippen MR) is 76.9 cm³/mol. The summed E-state index contributed by atoms with van der Waals surface area (Å²) in [6, 6.07) is 7.04. The van der Waals surface area contributed by atoms with Gasteiger partial charge in [-0.05, 0) is 18.2 Å². The molecule has 18 heavy (non-hydrogen) atoms. The van der Waals surface area contributed by atoms with Gasteiger partial charge < -0.3 is 10.6 Å². The number of carbonyl (C=O) groups is 2. The van der Waals surface area contributed by atoms with Crippen molar-refractivity contribution in [1.29, 1.82) is 0 Å². The maximum atomic E-state index is 11.6. The lowest BCUT2D eigenvalue weighted by molar-refractivity contribution is -0.114. The van der Waals surface area contributed by atoms with Crippen molar-refractivity contribution in [3.8, 4) is 0 Å². The van der Waals surface area contributed by atoms with Gasteiger partial charge >= 0.3 is 0 Å². The molecule has 0 spiro atoms. The van der Waals surface area contributed by atoms with Gasteiger partial charge in [0, 0.05) is 24.1 Å². The highest BCUT2D eigenvalue weighted by Crippen LogP contribution is 2.15. The van der Waals surface area contributed by atoms with E-state index in [-0.39, 0.29) is 11.8 Å². The van der Waals surface area contributed by atoms with Crippen LogP contribution in [0.4, 0.5) is 11.4 Å². The average Bonchev–Trinajstić information content (AvgIpc) is 2.28. The summed E-state index contributed by atoms with van der Waals surface area (Å²) >= 11 is 1.50. The van der Waals surface area contributed by atoms with E-state index in [2.05, 4.69) is 17.2 Å². The van der Waals surface area contributed by atoms with Crippen molar-refractivity contribution in [2.24, 2.45) is 0 Å². The number of thioether (sulfide) groups is 1. The van der Waals surface area contributed by atoms with Crippen LogP contribution in [0.25, 0.3) is 0 Å². The molecule has 0 aliphatic heterocycles. The van der Waals surface area contributed by atoms with Crippen LogP contribution >= 0.6 is 11.8 Å². The molecule has 0 aromatic heterocycles. The Labute approximate surface area is 111 Å². The second-order valence-corrected chi connectivity index (χ2v) is 4.64. The number of benzene rings is 1. The Bertz CT molecular complexity index is 446. The normalized spacial score (nSPS) is 9.61. The summed E-state index contributed by atoms with van der Waals surface area (Å²) in [7, 11) is 0. The first-order valence-corrected chi connectivity index (χ1v) is 6.63. The van der Waals surface area contributed by atoms with Crippen molar-refractivity contribution in [2.45, 2.75) is 6.92 Å². The van der Waals surface area contributed by atoms with Crippen molar-refractivity contribution >= 4 is 35.0 Å². The van der Waals surface area contributed by atoms with E-state index < -0.39 is 0 Å². The first kappa shape index (κ1) is 14.3. The van der Waals surface area contributed by atoms with Crippen LogP contribution < -0.4 is 10.6 Å². The lowest BCUT2D eigenvalue weighted by atomic mass is 10.2. The number of hydrogen-bond acceptors (Lipinski definition) is 3. The fraction of sp³-hybridized carbons (Fsp3) is 0.231. The van der Waals surface area contributed by atoms with Crippen LogP contribution in [0, 0.1) is 0 Å². The third-order valence-corrected chi connectivity index (χ3v) is 2.87. The highest BCUT2D eigenvalue weighted by Gasteiger charge is 2.03. The Hall–Kier alpha value is -1.75. The molecule has 1 aromatic rings. The van der Waals surface area contributed by atoms with Crippen LogP contribution in [0.5, 0.6) is 0 Å². The highest BCUT2D eigenvalue weighted by molar-refractivity contribution is 8.00. The molecule has 0 fully saturated rings. The second-order valence-electron chi connectivity index (χ2n) is 3.61. The standard InChI is InChI=1S/C13H16N2O2S/c1-3-7-18-9-13(17)15-12-6-4-5-11(8-12)14-10(2)16/h3-6,8H,1,7,9H2,2H3,(H,14,16)(H,15,17). The quantitative estimate of drug-likeness (QED) is 0.613. The zero-order valence-corrected chi connectivity index (χ0v) is 11.0. The Morgan fingerprint density at radius 2 is 2.00 bits per heavy atom. The van der Waals surface area contributed by atoms with Gasteiger partial charge in [-0.25, -0.2) is 0 Å². The van der Waals surface area contributed by atoms with Gasteiger partial charge in [0.05, 0.1) is 5.75 Å². The molecule has 0 radical (unpaired) electrons. The molecule has 0 bridgehead atoms. The largest absolute Gasteiger partial charge is 0.326 e. The average molecular weight is 264 g/mol. The summed E-state index contributed by atoms with van der Waals surface area (Å²) in [6.45, 7) is 5.03. The van der Waals surface area contributed by atoms with Crippen molar-refractivity contribution < 1.29 is 9.59 Å². The molecule has 0 atom stereocenters. The van der Waals surface area contributed by atoms with Gasteiger partial charge in [-0.2, -0.15) is 0 Å². The number of carbonyl (C=O) groups excluding carboxylic acids is 2. The van der Waals surface area contributed by atoms with Gasteiger partial charge in [-0.1, -0.05) is 12.1 Å². The molecular weight excluding hydrogens is 248 g/mol. The number of amides is 2. The van der Waals surface area contributed by atoms with E-state index in [0.29, 0.717) is 17.1 Å². The summed E-state index contributed by atoms with van der Waals surface area (Å²) in [5, 5.41) is 5.43. The molecule has 4 nitrogen and oxygen atoms in total. The Morgan fingerprint density at radius 1 is 1.33 bits per heavy atom. The summed E-state index contributed by atoms with van der Waals surface area (Å²) in [6.07, 6.45) is 1.76. The number of hydrogen-bond donors (Lipinski definition) is 2. The molecule has 2 N–H and O–H groups in total. The first-order chi connectivity index (χ1) is 8.61. The topological polar surface area (TPSA) is 58.2 Å². The van der Waals surface area contributed by atoms with E-state index in [4.69, 9.17) is 0 Å². The maximum absolute atomic E-state index is 11.6. The molecule has 0 aliphatic rings. The van der Waals surface area contributed by atoms with Gasteiger partial charge in [0.2, 0.25) is 11.8 Å². The molecule has 96 valence electrons. The third-order valence-electron chi connectivity index (χ3n) is 1.94. The van der Waals surface area contributed by atoms with Gasteiger partial charge in [-0.15, -0.1) is 18.3 Å². The van der Waals surface area contributed by atoms with E-state index in [9.17, 15) is 9.59 Å². The lowest BCUT2D eigenvalue weighted by Gasteiger charge is -2.07. The first-order valence-electron chi connectivity index (χ1n) is 5.48. The van der Waals surface area contributed by atoms with Crippen molar-refractivity contribution in [1.82, 2.24) is 0 Å². The monoisotopic (exact) mass is 264 g/mol. The number of nitrogens with one attached hydrogen (secondary N) is 2. The fourth-order valence-corrected chi connectivity index (χ4v) is 1.85. The third kappa shape index (κ3) is 5.54. The smallest absolute Gasteiger partial charge is 0.234 e. The van der Waals surface area contributed by atoms with E-state index >= 15 is 0 Å². The highest BCUT2D eigenvalue weighted by atomic mass is 32.2. The van der Waals surface area contributed by atoms with Crippen LogP contribution in [0.15, 0.2) is 36.9 Å². The SMILES string of the molecule is C=CCSCC(=O)Nc1cccc(NC(C)=O)c1. The van der Waals surface area contributed by atoms with Crippen LogP contribution in [0.1, 0.15) is 6.92 Å². The zero-order chi connectivity index (χ0) is 13.4. The van der Waals surface area contributed by atoms with Crippen molar-refractivity contribution in [3.05, 3.63) is 36.9 Å². The molecule has 2 amide bonds. The van der Waals surface area contributed by atoms with E-state index in [1.807, 2.05) is 0 Å². The van der Waals surface area contributed by atoms with Gasteiger partial charge in [0.1, 0.15) is 0 Å². The molecule has 0 heterocycles. The number of anilines is 2. The van der Waals surface area contributed by atoms with Crippen LogP contribution in [-0.2, 0) is 9.59 Å². The van der Waals surface area contributed by atoms with Gasteiger partial charge in [0.25, 0.3) is 0 Å². The van der Waals surface area contributed by atoms with Crippen molar-refractivity contribution in [3.63, 3.8) is 0 Å². The van der Waals surface area contributed by atoms with E-state index in [1.54, 1.807) is 30.3 Å². The Balaban J connectivity index is 2.53. The summed E-state index contributed by atoms with van der Waals surface area (Å²) < 4.78 is 0. The maximum Gasteiger partial charge on any atom is 0.234 e. The minimum atomic E-state index is -0.139. The minimum absolute atomic E-state index is 0.0678. The zero-order valence-electron chi connectivity index (χ0n) is 10.2. The van der Waals surface area contributed by atoms with Crippen LogP contribution in [0.3, 0.4) is 0 Å². The predicted octanol–water partition coefficient (Wildman–Crippen LogP) is 2.50. The van der Waals surface area contributed by atoms with E-state index in [1.165, 1.54) is 18.7 Å². The molecule has 1 aromatic carbocycles. The van der Waals surface area contributed by atoms with Crippen LogP contribution in [-0.4, -0.2) is 23.3 Å². The second kappa shape index (κ2) is 7.55. The minimum Gasteiger partial charge on any atom is -0.326 e. The fourth-order valence-electron chi connectivity index (χ4n) is 1.31. The van der Waals surface area contributed by atoms with Crippen molar-refractivity contribution in [2.75, 3.05) is 22.1 Å².